The summed E-state index contributed by atoms with van der Waals surface area (Å²) in [6, 6.07) is 12.3. The summed E-state index contributed by atoms with van der Waals surface area (Å²) in [5.74, 6) is 0.416. The lowest BCUT2D eigenvalue weighted by molar-refractivity contribution is -0.131. The lowest BCUT2D eigenvalue weighted by atomic mass is 10.1. The van der Waals surface area contributed by atoms with Gasteiger partial charge in [0, 0.05) is 39.1 Å². The fourth-order valence-electron chi connectivity index (χ4n) is 4.67. The zero-order valence-corrected chi connectivity index (χ0v) is 21.2. The highest BCUT2D eigenvalue weighted by Gasteiger charge is 2.22. The Labute approximate surface area is 214 Å². The SMILES string of the molecule is COC(=O)c1ccc2c(=O)n(CCCCCC(=O)N3CCN(c4ccccc4OC)CC3)c(=O)[nH]c2c1. The standard InChI is InChI=1S/C27H32N4O6/c1-36-23-9-6-5-8-22(23)29-14-16-30(17-15-29)24(32)10-4-3-7-13-31-25(33)20-12-11-19(26(34)37-2)18-21(20)28-27(31)35/h5-6,8-9,11-12,18H,3-4,7,10,13-17H2,1-2H3,(H,28,35). The third-order valence-electron chi connectivity index (χ3n) is 6.73. The van der Waals surface area contributed by atoms with Gasteiger partial charge in [-0.15, -0.1) is 0 Å². The average molecular weight is 509 g/mol. The molecule has 2 aromatic carbocycles. The number of H-pyrrole nitrogens is 1. The number of anilines is 1. The second-order valence-corrected chi connectivity index (χ2v) is 8.99. The predicted molar refractivity (Wildman–Crippen MR) is 140 cm³/mol. The van der Waals surface area contributed by atoms with Crippen LogP contribution in [0.15, 0.2) is 52.1 Å². The van der Waals surface area contributed by atoms with Crippen LogP contribution in [0, 0.1) is 0 Å². The van der Waals surface area contributed by atoms with Crippen LogP contribution in [0.2, 0.25) is 0 Å². The van der Waals surface area contributed by atoms with E-state index >= 15 is 0 Å². The van der Waals surface area contributed by atoms with Gasteiger partial charge in [0.1, 0.15) is 5.75 Å². The van der Waals surface area contributed by atoms with Crippen LogP contribution in [0.5, 0.6) is 5.75 Å². The number of carbonyl (C=O) groups is 2. The van der Waals surface area contributed by atoms with Crippen LogP contribution in [-0.2, 0) is 16.1 Å². The molecule has 1 aliphatic rings. The minimum absolute atomic E-state index is 0.127. The van der Waals surface area contributed by atoms with E-state index in [2.05, 4.69) is 14.6 Å². The monoisotopic (exact) mass is 508 g/mol. The van der Waals surface area contributed by atoms with Crippen molar-refractivity contribution in [1.82, 2.24) is 14.5 Å². The maximum absolute atomic E-state index is 12.8. The number of para-hydroxylation sites is 2. The number of aromatic amines is 1. The molecule has 0 bridgehead atoms. The number of methoxy groups -OCH3 is 2. The highest BCUT2D eigenvalue weighted by Crippen LogP contribution is 2.28. The second kappa shape index (κ2) is 11.8. The van der Waals surface area contributed by atoms with Gasteiger partial charge >= 0.3 is 11.7 Å². The van der Waals surface area contributed by atoms with Crippen molar-refractivity contribution in [2.75, 3.05) is 45.3 Å². The first-order valence-electron chi connectivity index (χ1n) is 12.4. The fraction of sp³-hybridized carbons (Fsp3) is 0.407. The smallest absolute Gasteiger partial charge is 0.337 e. The average Bonchev–Trinajstić information content (AvgIpc) is 2.93. The molecule has 1 N–H and O–H groups in total. The summed E-state index contributed by atoms with van der Waals surface area (Å²) in [5.41, 5.74) is 0.668. The second-order valence-electron chi connectivity index (χ2n) is 8.99. The molecule has 0 saturated carbocycles. The highest BCUT2D eigenvalue weighted by atomic mass is 16.5. The first kappa shape index (κ1) is 26.0. The zero-order chi connectivity index (χ0) is 26.4. The summed E-state index contributed by atoms with van der Waals surface area (Å²) in [4.78, 5) is 56.5. The first-order chi connectivity index (χ1) is 17.9. The maximum atomic E-state index is 12.8. The number of nitrogens with zero attached hydrogens (tertiary/aromatic N) is 3. The normalized spacial score (nSPS) is 13.6. The van der Waals surface area contributed by atoms with Crippen LogP contribution in [0.1, 0.15) is 36.0 Å². The van der Waals surface area contributed by atoms with Gasteiger partial charge in [0.15, 0.2) is 0 Å². The van der Waals surface area contributed by atoms with Gasteiger partial charge in [0.25, 0.3) is 5.56 Å². The third-order valence-corrected chi connectivity index (χ3v) is 6.73. The number of hydrogen-bond acceptors (Lipinski definition) is 7. The number of hydrogen-bond donors (Lipinski definition) is 1. The number of amides is 1. The first-order valence-corrected chi connectivity index (χ1v) is 12.4. The van der Waals surface area contributed by atoms with E-state index < -0.39 is 17.2 Å². The van der Waals surface area contributed by atoms with Gasteiger partial charge in [0.2, 0.25) is 5.91 Å². The van der Waals surface area contributed by atoms with Crippen LogP contribution in [0.3, 0.4) is 0 Å². The molecule has 1 amide bonds. The topological polar surface area (TPSA) is 114 Å². The number of unbranched alkanes of at least 4 members (excludes halogenated alkanes) is 2. The molecule has 1 saturated heterocycles. The van der Waals surface area contributed by atoms with Crippen LogP contribution < -0.4 is 20.9 Å². The van der Waals surface area contributed by atoms with Crippen LogP contribution in [0.4, 0.5) is 5.69 Å². The van der Waals surface area contributed by atoms with E-state index in [9.17, 15) is 19.2 Å². The van der Waals surface area contributed by atoms with Gasteiger partial charge in [-0.2, -0.15) is 0 Å². The predicted octanol–water partition coefficient (Wildman–Crippen LogP) is 2.39. The van der Waals surface area contributed by atoms with Crippen LogP contribution in [0.25, 0.3) is 10.9 Å². The number of carbonyl (C=O) groups excluding carboxylic acids is 2. The molecule has 3 aromatic rings. The summed E-state index contributed by atoms with van der Waals surface area (Å²) < 4.78 is 11.3. The molecule has 10 heteroatoms. The van der Waals surface area contributed by atoms with E-state index in [0.717, 1.165) is 30.9 Å². The fourth-order valence-corrected chi connectivity index (χ4v) is 4.67. The molecule has 1 fully saturated rings. The van der Waals surface area contributed by atoms with Gasteiger partial charge < -0.3 is 24.3 Å². The number of aromatic nitrogens is 2. The Bertz CT molecular complexity index is 1390. The van der Waals surface area contributed by atoms with E-state index in [4.69, 9.17) is 4.74 Å². The van der Waals surface area contributed by atoms with Gasteiger partial charge in [-0.05, 0) is 43.2 Å². The van der Waals surface area contributed by atoms with E-state index in [1.54, 1.807) is 7.11 Å². The number of ether oxygens (including phenoxy) is 2. The maximum Gasteiger partial charge on any atom is 0.337 e. The van der Waals surface area contributed by atoms with E-state index in [1.165, 1.54) is 29.9 Å². The molecule has 1 aromatic heterocycles. The van der Waals surface area contributed by atoms with Crippen molar-refractivity contribution in [2.45, 2.75) is 32.2 Å². The highest BCUT2D eigenvalue weighted by molar-refractivity contribution is 5.93. The van der Waals surface area contributed by atoms with E-state index in [1.807, 2.05) is 29.2 Å². The van der Waals surface area contributed by atoms with Crippen molar-refractivity contribution in [1.29, 1.82) is 0 Å². The summed E-state index contributed by atoms with van der Waals surface area (Å²) in [6.07, 6.45) is 2.45. The summed E-state index contributed by atoms with van der Waals surface area (Å²) in [6.45, 7) is 3.09. The van der Waals surface area contributed by atoms with Gasteiger partial charge in [-0.25, -0.2) is 9.59 Å². The number of esters is 1. The molecule has 37 heavy (non-hydrogen) atoms. The van der Waals surface area contributed by atoms with Crippen molar-refractivity contribution in [3.05, 3.63) is 68.9 Å². The molecule has 1 aliphatic heterocycles. The lowest BCUT2D eigenvalue weighted by Gasteiger charge is -2.36. The number of fused-ring (bicyclic) bond motifs is 1. The van der Waals surface area contributed by atoms with Crippen molar-refractivity contribution in [2.24, 2.45) is 0 Å². The van der Waals surface area contributed by atoms with Crippen molar-refractivity contribution >= 4 is 28.5 Å². The van der Waals surface area contributed by atoms with Crippen molar-refractivity contribution in [3.8, 4) is 5.75 Å². The Morgan fingerprint density at radius 1 is 0.946 bits per heavy atom. The Morgan fingerprint density at radius 2 is 1.70 bits per heavy atom. The molecule has 0 spiro atoms. The van der Waals surface area contributed by atoms with E-state index in [-0.39, 0.29) is 18.0 Å². The third kappa shape index (κ3) is 5.84. The quantitative estimate of drug-likeness (QED) is 0.349. The lowest BCUT2D eigenvalue weighted by Crippen LogP contribution is -2.48. The van der Waals surface area contributed by atoms with E-state index in [0.29, 0.717) is 43.3 Å². The molecule has 0 radical (unpaired) electrons. The van der Waals surface area contributed by atoms with Gasteiger partial charge in [0.05, 0.1) is 36.4 Å². The minimum atomic E-state index is -0.542. The molecule has 0 atom stereocenters. The Balaban J connectivity index is 1.25. The largest absolute Gasteiger partial charge is 0.495 e. The van der Waals surface area contributed by atoms with Gasteiger partial charge in [-0.3, -0.25) is 14.2 Å². The number of piperazine rings is 1. The van der Waals surface area contributed by atoms with Crippen LogP contribution >= 0.6 is 0 Å². The molecule has 2 heterocycles. The number of benzene rings is 2. The minimum Gasteiger partial charge on any atom is -0.495 e. The Morgan fingerprint density at radius 3 is 2.43 bits per heavy atom. The molecular weight excluding hydrogens is 476 g/mol. The number of rotatable bonds is 9. The summed E-state index contributed by atoms with van der Waals surface area (Å²) >= 11 is 0. The molecule has 10 nitrogen and oxygen atoms in total. The summed E-state index contributed by atoms with van der Waals surface area (Å²) in [7, 11) is 2.93. The van der Waals surface area contributed by atoms with Gasteiger partial charge in [-0.1, -0.05) is 18.6 Å². The van der Waals surface area contributed by atoms with Crippen LogP contribution in [-0.4, -0.2) is 66.7 Å². The van der Waals surface area contributed by atoms with Crippen molar-refractivity contribution in [3.63, 3.8) is 0 Å². The molecule has 4 rings (SSSR count). The summed E-state index contributed by atoms with van der Waals surface area (Å²) in [5, 5.41) is 0.328. The Kier molecular flexibility index (Phi) is 8.27. The number of nitrogens with one attached hydrogen (secondary N) is 1. The zero-order valence-electron chi connectivity index (χ0n) is 21.2. The molecular formula is C27H32N4O6. The Hall–Kier alpha value is -4.08. The molecule has 196 valence electrons. The van der Waals surface area contributed by atoms with Crippen molar-refractivity contribution < 1.29 is 19.1 Å². The molecule has 0 aliphatic carbocycles. The molecule has 0 unspecified atom stereocenters.